The Morgan fingerprint density at radius 1 is 1.35 bits per heavy atom. The largest absolute Gasteiger partial charge is 0.330 e. The van der Waals surface area contributed by atoms with E-state index >= 15 is 0 Å². The van der Waals surface area contributed by atoms with Crippen LogP contribution in [-0.2, 0) is 6.42 Å². The third kappa shape index (κ3) is 3.29. The molecule has 0 heterocycles. The van der Waals surface area contributed by atoms with E-state index in [4.69, 9.17) is 5.73 Å². The molecule has 0 bridgehead atoms. The maximum atomic E-state index is 13.8. The van der Waals surface area contributed by atoms with Crippen LogP contribution in [0.25, 0.3) is 0 Å². The molecule has 2 N–H and O–H groups in total. The molecule has 0 aliphatic heterocycles. The van der Waals surface area contributed by atoms with Gasteiger partial charge in [0.2, 0.25) is 0 Å². The third-order valence-electron chi connectivity index (χ3n) is 3.87. The van der Waals surface area contributed by atoms with Crippen molar-refractivity contribution in [1.29, 1.82) is 0 Å². The van der Waals surface area contributed by atoms with Crippen LogP contribution in [0.1, 0.15) is 31.2 Å². The number of rotatable bonds is 4. The molecule has 1 aromatic rings. The zero-order chi connectivity index (χ0) is 12.3. The molecule has 3 heteroatoms. The van der Waals surface area contributed by atoms with E-state index in [1.807, 2.05) is 12.1 Å². The van der Waals surface area contributed by atoms with Crippen LogP contribution < -0.4 is 5.73 Å². The SMILES string of the molecule is NCC(Cc1ccc(Br)cc1F)C1CCCC1. The summed E-state index contributed by atoms with van der Waals surface area (Å²) in [6, 6.07) is 5.31. The van der Waals surface area contributed by atoms with Gasteiger partial charge in [-0.15, -0.1) is 0 Å². The first-order chi connectivity index (χ1) is 8.20. The Bertz CT molecular complexity index is 374. The Kier molecular flexibility index (Phi) is 4.57. The predicted molar refractivity (Wildman–Crippen MR) is 72.3 cm³/mol. The highest BCUT2D eigenvalue weighted by atomic mass is 79.9. The first kappa shape index (κ1) is 13.0. The Morgan fingerprint density at radius 2 is 2.06 bits per heavy atom. The van der Waals surface area contributed by atoms with Gasteiger partial charge < -0.3 is 5.73 Å². The third-order valence-corrected chi connectivity index (χ3v) is 4.36. The minimum absolute atomic E-state index is 0.115. The molecule has 1 saturated carbocycles. The highest BCUT2D eigenvalue weighted by molar-refractivity contribution is 9.10. The van der Waals surface area contributed by atoms with Crippen LogP contribution in [0.15, 0.2) is 22.7 Å². The maximum Gasteiger partial charge on any atom is 0.127 e. The molecule has 1 nitrogen and oxygen atoms in total. The van der Waals surface area contributed by atoms with Gasteiger partial charge in [-0.3, -0.25) is 0 Å². The average molecular weight is 300 g/mol. The van der Waals surface area contributed by atoms with Gasteiger partial charge in [0.1, 0.15) is 5.82 Å². The molecule has 17 heavy (non-hydrogen) atoms. The number of nitrogens with two attached hydrogens (primary N) is 1. The first-order valence-corrected chi connectivity index (χ1v) is 7.14. The van der Waals surface area contributed by atoms with Gasteiger partial charge in [0, 0.05) is 4.47 Å². The molecule has 1 unspecified atom stereocenters. The Morgan fingerprint density at radius 3 is 2.65 bits per heavy atom. The van der Waals surface area contributed by atoms with Crippen molar-refractivity contribution in [3.63, 3.8) is 0 Å². The zero-order valence-corrected chi connectivity index (χ0v) is 11.5. The van der Waals surface area contributed by atoms with Crippen molar-refractivity contribution in [3.8, 4) is 0 Å². The standard InChI is InChI=1S/C14H19BrFN/c15-13-6-5-11(14(16)8-13)7-12(9-17)10-3-1-2-4-10/h5-6,8,10,12H,1-4,7,9,17H2. The Labute approximate surface area is 111 Å². The number of hydrogen-bond acceptors (Lipinski definition) is 1. The van der Waals surface area contributed by atoms with Gasteiger partial charge in [0.25, 0.3) is 0 Å². The lowest BCUT2D eigenvalue weighted by molar-refractivity contribution is 0.341. The fraction of sp³-hybridized carbons (Fsp3) is 0.571. The normalized spacial score (nSPS) is 18.5. The van der Waals surface area contributed by atoms with Crippen molar-refractivity contribution in [2.24, 2.45) is 17.6 Å². The van der Waals surface area contributed by atoms with E-state index < -0.39 is 0 Å². The lowest BCUT2D eigenvalue weighted by atomic mass is 9.85. The van der Waals surface area contributed by atoms with Crippen LogP contribution in [-0.4, -0.2) is 6.54 Å². The fourth-order valence-corrected chi connectivity index (χ4v) is 3.17. The summed E-state index contributed by atoms with van der Waals surface area (Å²) in [5.41, 5.74) is 6.65. The summed E-state index contributed by atoms with van der Waals surface area (Å²) in [5.74, 6) is 1.02. The lowest BCUT2D eigenvalue weighted by Crippen LogP contribution is -2.24. The van der Waals surface area contributed by atoms with E-state index in [-0.39, 0.29) is 5.82 Å². The molecule has 1 aliphatic rings. The van der Waals surface area contributed by atoms with Crippen molar-refractivity contribution >= 4 is 15.9 Å². The summed E-state index contributed by atoms with van der Waals surface area (Å²) in [5, 5.41) is 0. The Balaban J connectivity index is 2.06. The van der Waals surface area contributed by atoms with Crippen molar-refractivity contribution in [1.82, 2.24) is 0 Å². The highest BCUT2D eigenvalue weighted by Crippen LogP contribution is 2.33. The summed E-state index contributed by atoms with van der Waals surface area (Å²) in [6.45, 7) is 0.667. The molecule has 2 rings (SSSR count). The number of hydrogen-bond donors (Lipinski definition) is 1. The summed E-state index contributed by atoms with van der Waals surface area (Å²) >= 11 is 3.28. The topological polar surface area (TPSA) is 26.0 Å². The van der Waals surface area contributed by atoms with E-state index in [9.17, 15) is 4.39 Å². The Hall–Kier alpha value is -0.410. The molecule has 0 aromatic heterocycles. The van der Waals surface area contributed by atoms with Gasteiger partial charge in [-0.1, -0.05) is 47.7 Å². The monoisotopic (exact) mass is 299 g/mol. The minimum Gasteiger partial charge on any atom is -0.330 e. The van der Waals surface area contributed by atoms with Crippen molar-refractivity contribution in [3.05, 3.63) is 34.1 Å². The molecule has 1 aromatic carbocycles. The molecule has 94 valence electrons. The molecule has 1 fully saturated rings. The second kappa shape index (κ2) is 5.96. The molecule has 0 amide bonds. The van der Waals surface area contributed by atoms with Crippen molar-refractivity contribution in [2.45, 2.75) is 32.1 Å². The first-order valence-electron chi connectivity index (χ1n) is 6.34. The van der Waals surface area contributed by atoms with E-state index in [0.29, 0.717) is 18.4 Å². The smallest absolute Gasteiger partial charge is 0.127 e. The number of benzene rings is 1. The van der Waals surface area contributed by atoms with Crippen molar-refractivity contribution < 1.29 is 4.39 Å². The van der Waals surface area contributed by atoms with Gasteiger partial charge in [-0.05, 0) is 42.5 Å². The zero-order valence-electron chi connectivity index (χ0n) is 9.96. The second-order valence-corrected chi connectivity index (χ2v) is 5.90. The quantitative estimate of drug-likeness (QED) is 0.897. The molecule has 1 aliphatic carbocycles. The molecule has 0 spiro atoms. The van der Waals surface area contributed by atoms with Crippen LogP contribution in [0.2, 0.25) is 0 Å². The van der Waals surface area contributed by atoms with Crippen LogP contribution in [0.3, 0.4) is 0 Å². The van der Waals surface area contributed by atoms with Crippen molar-refractivity contribution in [2.75, 3.05) is 6.54 Å². The number of halogens is 2. The van der Waals surface area contributed by atoms with Crippen LogP contribution >= 0.6 is 15.9 Å². The lowest BCUT2D eigenvalue weighted by Gasteiger charge is -2.22. The molecule has 1 atom stereocenters. The van der Waals surface area contributed by atoms with Gasteiger partial charge in [0.05, 0.1) is 0 Å². The fourth-order valence-electron chi connectivity index (χ4n) is 2.84. The van der Waals surface area contributed by atoms with E-state index in [0.717, 1.165) is 16.5 Å². The average Bonchev–Trinajstić information content (AvgIpc) is 2.81. The van der Waals surface area contributed by atoms with Crippen LogP contribution in [0, 0.1) is 17.7 Å². The molecular formula is C14H19BrFN. The van der Waals surface area contributed by atoms with E-state index in [1.54, 1.807) is 0 Å². The molecule has 0 saturated heterocycles. The van der Waals surface area contributed by atoms with Crippen LogP contribution in [0.5, 0.6) is 0 Å². The minimum atomic E-state index is -0.115. The summed E-state index contributed by atoms with van der Waals surface area (Å²) < 4.78 is 14.6. The highest BCUT2D eigenvalue weighted by Gasteiger charge is 2.24. The van der Waals surface area contributed by atoms with Gasteiger partial charge >= 0.3 is 0 Å². The summed E-state index contributed by atoms with van der Waals surface area (Å²) in [6.07, 6.45) is 5.92. The van der Waals surface area contributed by atoms with E-state index in [1.165, 1.54) is 31.7 Å². The van der Waals surface area contributed by atoms with Gasteiger partial charge in [0.15, 0.2) is 0 Å². The summed E-state index contributed by atoms with van der Waals surface area (Å²) in [7, 11) is 0. The van der Waals surface area contributed by atoms with Gasteiger partial charge in [-0.25, -0.2) is 4.39 Å². The van der Waals surface area contributed by atoms with Gasteiger partial charge in [-0.2, -0.15) is 0 Å². The van der Waals surface area contributed by atoms with E-state index in [2.05, 4.69) is 15.9 Å². The van der Waals surface area contributed by atoms with Crippen LogP contribution in [0.4, 0.5) is 4.39 Å². The molecule has 0 radical (unpaired) electrons. The summed E-state index contributed by atoms with van der Waals surface area (Å²) in [4.78, 5) is 0. The maximum absolute atomic E-state index is 13.8. The predicted octanol–water partition coefficient (Wildman–Crippen LogP) is 3.90. The second-order valence-electron chi connectivity index (χ2n) is 4.98. The molecular weight excluding hydrogens is 281 g/mol.